The summed E-state index contributed by atoms with van der Waals surface area (Å²) in [6.07, 6.45) is 34.7. The standard InChI is InChI=1S/C43H79O10P/c1-4-5-6-7-8-9-10-16-19-22-25-28-32-40(44)41(45)33-30-35-43(47)53-39(37-52-54(48,49)50)36-51-42(46)34-29-26-23-20-17-14-12-11-13-15-18-21-24-27-31-38(2)3/h8-9,16,19,25,28,38-41,44-45H,4-7,10-15,17-18,20-24,26-27,29-37H2,1-3H3,(H2,48,49,50)/b9-8-,19-16-,28-25-/t39-,40?,41?/m1/s1. The number of aliphatic hydroxyl groups excluding tert-OH is 2. The Hall–Kier alpha value is -1.81. The zero-order chi connectivity index (χ0) is 40.1. The molecule has 54 heavy (non-hydrogen) atoms. The highest BCUT2D eigenvalue weighted by molar-refractivity contribution is 7.46. The number of carbonyl (C=O) groups excluding carboxylic acids is 2. The molecule has 10 nitrogen and oxygen atoms in total. The van der Waals surface area contributed by atoms with Gasteiger partial charge in [0.05, 0.1) is 18.8 Å². The van der Waals surface area contributed by atoms with E-state index >= 15 is 0 Å². The molecule has 0 saturated carbocycles. The third-order valence-electron chi connectivity index (χ3n) is 9.29. The van der Waals surface area contributed by atoms with E-state index in [1.165, 1.54) is 89.9 Å². The molecule has 316 valence electrons. The van der Waals surface area contributed by atoms with Gasteiger partial charge in [-0.25, -0.2) is 4.57 Å². The largest absolute Gasteiger partial charge is 0.469 e. The zero-order valence-electron chi connectivity index (χ0n) is 34.3. The summed E-state index contributed by atoms with van der Waals surface area (Å²) in [6.45, 7) is 5.75. The van der Waals surface area contributed by atoms with Crippen LogP contribution in [0.2, 0.25) is 0 Å². The van der Waals surface area contributed by atoms with Crippen LogP contribution >= 0.6 is 7.82 Å². The molecule has 0 fully saturated rings. The number of phosphoric acid groups is 1. The van der Waals surface area contributed by atoms with Crippen LogP contribution in [-0.4, -0.2) is 63.5 Å². The summed E-state index contributed by atoms with van der Waals surface area (Å²) in [5.41, 5.74) is 0. The third-order valence-corrected chi connectivity index (χ3v) is 9.78. The Labute approximate surface area is 328 Å². The highest BCUT2D eigenvalue weighted by Gasteiger charge is 2.23. The first kappa shape index (κ1) is 52.2. The van der Waals surface area contributed by atoms with Crippen LogP contribution in [-0.2, 0) is 28.2 Å². The van der Waals surface area contributed by atoms with Gasteiger partial charge in [0, 0.05) is 12.8 Å². The Bertz CT molecular complexity index is 1020. The van der Waals surface area contributed by atoms with E-state index in [0.29, 0.717) is 6.42 Å². The highest BCUT2D eigenvalue weighted by atomic mass is 31.2. The van der Waals surface area contributed by atoms with Crippen LogP contribution in [0.1, 0.15) is 188 Å². The molecule has 0 heterocycles. The quantitative estimate of drug-likeness (QED) is 0.0205. The summed E-state index contributed by atoms with van der Waals surface area (Å²) in [7, 11) is -4.83. The lowest BCUT2D eigenvalue weighted by molar-refractivity contribution is -0.161. The lowest BCUT2D eigenvalue weighted by atomic mass is 10.0. The first-order valence-corrected chi connectivity index (χ1v) is 22.8. The fourth-order valence-corrected chi connectivity index (χ4v) is 6.32. The molecule has 0 radical (unpaired) electrons. The summed E-state index contributed by atoms with van der Waals surface area (Å²) >= 11 is 0. The van der Waals surface area contributed by atoms with Gasteiger partial charge in [0.25, 0.3) is 0 Å². The molecule has 4 N–H and O–H groups in total. The van der Waals surface area contributed by atoms with E-state index in [9.17, 15) is 24.4 Å². The molecule has 0 aliphatic heterocycles. The number of hydrogen-bond donors (Lipinski definition) is 4. The lowest BCUT2D eigenvalue weighted by Gasteiger charge is -2.19. The molecule has 0 spiro atoms. The van der Waals surface area contributed by atoms with Gasteiger partial charge in [-0.3, -0.25) is 14.1 Å². The van der Waals surface area contributed by atoms with Crippen LogP contribution in [0.3, 0.4) is 0 Å². The van der Waals surface area contributed by atoms with Gasteiger partial charge in [0.2, 0.25) is 0 Å². The molecular weight excluding hydrogens is 707 g/mol. The Balaban J connectivity index is 4.14. The molecule has 0 aromatic heterocycles. The maximum atomic E-state index is 12.4. The molecule has 3 atom stereocenters. The van der Waals surface area contributed by atoms with E-state index in [4.69, 9.17) is 19.3 Å². The second-order valence-corrected chi connectivity index (χ2v) is 16.3. The van der Waals surface area contributed by atoms with Gasteiger partial charge in [-0.1, -0.05) is 160 Å². The van der Waals surface area contributed by atoms with Crippen molar-refractivity contribution < 1.29 is 48.2 Å². The van der Waals surface area contributed by atoms with Crippen molar-refractivity contribution in [2.45, 2.75) is 206 Å². The zero-order valence-corrected chi connectivity index (χ0v) is 35.2. The predicted octanol–water partition coefficient (Wildman–Crippen LogP) is 10.8. The fourth-order valence-electron chi connectivity index (χ4n) is 5.96. The van der Waals surface area contributed by atoms with Crippen molar-refractivity contribution in [1.29, 1.82) is 0 Å². The number of rotatable bonds is 38. The minimum atomic E-state index is -4.83. The van der Waals surface area contributed by atoms with Crippen molar-refractivity contribution in [2.75, 3.05) is 13.2 Å². The van der Waals surface area contributed by atoms with Gasteiger partial charge >= 0.3 is 19.8 Å². The van der Waals surface area contributed by atoms with Crippen LogP contribution < -0.4 is 0 Å². The highest BCUT2D eigenvalue weighted by Crippen LogP contribution is 2.36. The van der Waals surface area contributed by atoms with Gasteiger partial charge in [0.1, 0.15) is 6.61 Å². The molecule has 0 saturated heterocycles. The van der Waals surface area contributed by atoms with Crippen molar-refractivity contribution in [3.05, 3.63) is 36.5 Å². The topological polar surface area (TPSA) is 160 Å². The first-order valence-electron chi connectivity index (χ1n) is 21.3. The van der Waals surface area contributed by atoms with Gasteiger partial charge in [-0.2, -0.15) is 0 Å². The van der Waals surface area contributed by atoms with Gasteiger partial charge < -0.3 is 29.5 Å². The molecule has 2 unspecified atom stereocenters. The number of carbonyl (C=O) groups is 2. The van der Waals surface area contributed by atoms with Crippen LogP contribution in [0.15, 0.2) is 36.5 Å². The molecule has 0 aromatic carbocycles. The average molecular weight is 787 g/mol. The fraction of sp³-hybridized carbons (Fsp3) is 0.814. The summed E-state index contributed by atoms with van der Waals surface area (Å²) in [5.74, 6) is -0.346. The van der Waals surface area contributed by atoms with E-state index in [-0.39, 0.29) is 38.7 Å². The first-order chi connectivity index (χ1) is 25.9. The Morgan fingerprint density at radius 3 is 1.67 bits per heavy atom. The van der Waals surface area contributed by atoms with Crippen molar-refractivity contribution in [3.8, 4) is 0 Å². The van der Waals surface area contributed by atoms with E-state index in [2.05, 4.69) is 49.6 Å². The molecule has 0 aromatic rings. The van der Waals surface area contributed by atoms with Crippen molar-refractivity contribution in [1.82, 2.24) is 0 Å². The van der Waals surface area contributed by atoms with E-state index < -0.39 is 44.7 Å². The molecule has 0 aliphatic rings. The normalized spacial score (nSPS) is 14.1. The molecule has 0 bridgehead atoms. The summed E-state index contributed by atoms with van der Waals surface area (Å²) < 4.78 is 26.2. The third kappa shape index (κ3) is 38.5. The van der Waals surface area contributed by atoms with Gasteiger partial charge in [-0.05, 0) is 57.3 Å². The van der Waals surface area contributed by atoms with E-state index in [0.717, 1.165) is 44.4 Å². The molecule has 0 rings (SSSR count). The number of hydrogen-bond acceptors (Lipinski definition) is 8. The number of allylic oxidation sites excluding steroid dienone is 5. The molecule has 11 heteroatoms. The van der Waals surface area contributed by atoms with Crippen molar-refractivity contribution in [2.24, 2.45) is 5.92 Å². The van der Waals surface area contributed by atoms with Gasteiger partial charge in [0.15, 0.2) is 6.10 Å². The predicted molar refractivity (Wildman–Crippen MR) is 219 cm³/mol. The Morgan fingerprint density at radius 1 is 0.593 bits per heavy atom. The molecular formula is C43H79O10P. The maximum absolute atomic E-state index is 12.4. The van der Waals surface area contributed by atoms with Crippen LogP contribution in [0.5, 0.6) is 0 Å². The second-order valence-electron chi connectivity index (χ2n) is 15.1. The Kier molecular flexibility index (Phi) is 35.6. The van der Waals surface area contributed by atoms with Crippen LogP contribution in [0, 0.1) is 5.92 Å². The van der Waals surface area contributed by atoms with E-state index in [1.54, 1.807) is 0 Å². The number of phosphoric ester groups is 1. The lowest BCUT2D eigenvalue weighted by Crippen LogP contribution is -2.30. The second kappa shape index (κ2) is 36.8. The van der Waals surface area contributed by atoms with Crippen molar-refractivity contribution in [3.63, 3.8) is 0 Å². The van der Waals surface area contributed by atoms with Gasteiger partial charge in [-0.15, -0.1) is 0 Å². The van der Waals surface area contributed by atoms with Crippen LogP contribution in [0.4, 0.5) is 0 Å². The average Bonchev–Trinajstić information content (AvgIpc) is 3.12. The minimum Gasteiger partial charge on any atom is -0.462 e. The maximum Gasteiger partial charge on any atom is 0.469 e. The smallest absolute Gasteiger partial charge is 0.462 e. The number of unbranched alkanes of at least 4 members (excludes halogenated alkanes) is 16. The number of aliphatic hydroxyl groups is 2. The number of esters is 2. The summed E-state index contributed by atoms with van der Waals surface area (Å²) in [4.78, 5) is 42.9. The van der Waals surface area contributed by atoms with Crippen LogP contribution in [0.25, 0.3) is 0 Å². The summed E-state index contributed by atoms with van der Waals surface area (Å²) in [6, 6.07) is 0. The number of ether oxygens (including phenoxy) is 2. The SMILES string of the molecule is CCCCC/C=C\C/C=C\C/C=C\CC(O)C(O)CCCC(=O)O[C@H](COC(=O)CCCCCCCCCCCCCCCCC(C)C)COP(=O)(O)O. The Morgan fingerprint density at radius 2 is 1.11 bits per heavy atom. The minimum absolute atomic E-state index is 0.101. The van der Waals surface area contributed by atoms with E-state index in [1.807, 2.05) is 12.2 Å². The molecule has 0 amide bonds. The molecule has 0 aliphatic carbocycles. The van der Waals surface area contributed by atoms with Crippen molar-refractivity contribution >= 4 is 19.8 Å². The summed E-state index contributed by atoms with van der Waals surface area (Å²) in [5, 5.41) is 20.6. The monoisotopic (exact) mass is 787 g/mol.